The molecule has 4 rings (SSSR count). The van der Waals surface area contributed by atoms with Crippen LogP contribution in [0.4, 0.5) is 8.78 Å². The summed E-state index contributed by atoms with van der Waals surface area (Å²) in [6.07, 6.45) is 2.00. The van der Waals surface area contributed by atoms with Gasteiger partial charge in [0.05, 0.1) is 31.4 Å². The molecule has 0 atom stereocenters. The minimum absolute atomic E-state index is 0.00138. The van der Waals surface area contributed by atoms with E-state index in [2.05, 4.69) is 5.10 Å². The predicted octanol–water partition coefficient (Wildman–Crippen LogP) is 3.72. The smallest absolute Gasteiger partial charge is 0.227 e. The summed E-state index contributed by atoms with van der Waals surface area (Å²) in [4.78, 5) is 14.5. The minimum atomic E-state index is -0.286. The van der Waals surface area contributed by atoms with E-state index in [1.54, 1.807) is 42.3 Å². The topological polar surface area (TPSA) is 38.1 Å². The third-order valence-electron chi connectivity index (χ3n) is 4.96. The first-order valence-electron chi connectivity index (χ1n) is 8.84. The molecule has 0 radical (unpaired) electrons. The SMILES string of the molecule is Cc1cc(CC(=O)N2CCn3ncc(-c4ccc(F)cc4)c3C2)ccc1F. The average Bonchev–Trinajstić information content (AvgIpc) is 3.08. The number of benzene rings is 2. The fourth-order valence-electron chi connectivity index (χ4n) is 3.43. The van der Waals surface area contributed by atoms with Crippen LogP contribution in [-0.4, -0.2) is 27.1 Å². The maximum atomic E-state index is 13.4. The maximum Gasteiger partial charge on any atom is 0.227 e. The number of carbonyl (C=O) groups excluding carboxylic acids is 1. The number of fused-ring (bicyclic) bond motifs is 1. The Labute approximate surface area is 156 Å². The Morgan fingerprint density at radius 2 is 1.89 bits per heavy atom. The molecular formula is C21H19F2N3O. The molecule has 138 valence electrons. The van der Waals surface area contributed by atoms with Crippen molar-refractivity contribution in [2.45, 2.75) is 26.4 Å². The van der Waals surface area contributed by atoms with E-state index in [1.807, 2.05) is 4.68 Å². The first-order valence-corrected chi connectivity index (χ1v) is 8.84. The lowest BCUT2D eigenvalue weighted by atomic mass is 10.0. The molecule has 2 aromatic carbocycles. The first-order chi connectivity index (χ1) is 13.0. The van der Waals surface area contributed by atoms with Crippen LogP contribution in [0.1, 0.15) is 16.8 Å². The molecule has 0 N–H and O–H groups in total. The highest BCUT2D eigenvalue weighted by atomic mass is 19.1. The van der Waals surface area contributed by atoms with Crippen LogP contribution in [-0.2, 0) is 24.3 Å². The summed E-state index contributed by atoms with van der Waals surface area (Å²) in [6, 6.07) is 11.0. The lowest BCUT2D eigenvalue weighted by Crippen LogP contribution is -2.39. The zero-order valence-corrected chi connectivity index (χ0v) is 15.0. The Hall–Kier alpha value is -3.02. The number of aryl methyl sites for hydroxylation is 1. The number of nitrogens with zero attached hydrogens (tertiary/aromatic N) is 3. The van der Waals surface area contributed by atoms with E-state index >= 15 is 0 Å². The first kappa shape index (κ1) is 17.4. The number of amides is 1. The fourth-order valence-corrected chi connectivity index (χ4v) is 3.43. The summed E-state index contributed by atoms with van der Waals surface area (Å²) in [6.45, 7) is 3.34. The molecule has 0 spiro atoms. The van der Waals surface area contributed by atoms with Gasteiger partial charge >= 0.3 is 0 Å². The van der Waals surface area contributed by atoms with Crippen molar-refractivity contribution >= 4 is 5.91 Å². The molecule has 4 nitrogen and oxygen atoms in total. The van der Waals surface area contributed by atoms with E-state index in [0.29, 0.717) is 25.2 Å². The zero-order valence-electron chi connectivity index (χ0n) is 15.0. The van der Waals surface area contributed by atoms with E-state index in [9.17, 15) is 13.6 Å². The molecule has 1 aliphatic heterocycles. The average molecular weight is 367 g/mol. The largest absolute Gasteiger partial charge is 0.335 e. The zero-order chi connectivity index (χ0) is 19.0. The van der Waals surface area contributed by atoms with Crippen LogP contribution >= 0.6 is 0 Å². The summed E-state index contributed by atoms with van der Waals surface area (Å²) in [5.74, 6) is -0.554. The molecule has 6 heteroatoms. The van der Waals surface area contributed by atoms with Crippen molar-refractivity contribution in [1.29, 1.82) is 0 Å². The second-order valence-electron chi connectivity index (χ2n) is 6.81. The van der Waals surface area contributed by atoms with E-state index in [-0.39, 0.29) is 24.0 Å². The van der Waals surface area contributed by atoms with Crippen LogP contribution in [0.3, 0.4) is 0 Å². The number of carbonyl (C=O) groups is 1. The van der Waals surface area contributed by atoms with Crippen molar-refractivity contribution in [3.63, 3.8) is 0 Å². The van der Waals surface area contributed by atoms with Gasteiger partial charge < -0.3 is 4.90 Å². The molecule has 0 saturated heterocycles. The van der Waals surface area contributed by atoms with Gasteiger partial charge in [0.25, 0.3) is 0 Å². The quantitative estimate of drug-likeness (QED) is 0.708. The van der Waals surface area contributed by atoms with Gasteiger partial charge in [-0.3, -0.25) is 9.48 Å². The molecule has 1 amide bonds. The summed E-state index contributed by atoms with van der Waals surface area (Å²) < 4.78 is 28.5. The Balaban J connectivity index is 1.53. The minimum Gasteiger partial charge on any atom is -0.335 e. The number of rotatable bonds is 3. The molecule has 27 heavy (non-hydrogen) atoms. The van der Waals surface area contributed by atoms with Crippen LogP contribution in [0.15, 0.2) is 48.7 Å². The van der Waals surface area contributed by atoms with Crippen molar-refractivity contribution in [3.8, 4) is 11.1 Å². The van der Waals surface area contributed by atoms with Gasteiger partial charge in [-0.05, 0) is 41.8 Å². The maximum absolute atomic E-state index is 13.4. The summed E-state index contributed by atoms with van der Waals surface area (Å²) in [5.41, 5.74) is 4.06. The Kier molecular flexibility index (Phi) is 4.48. The van der Waals surface area contributed by atoms with Crippen LogP contribution < -0.4 is 0 Å². The predicted molar refractivity (Wildman–Crippen MR) is 97.9 cm³/mol. The number of aromatic nitrogens is 2. The second kappa shape index (κ2) is 6.95. The highest BCUT2D eigenvalue weighted by Gasteiger charge is 2.24. The van der Waals surface area contributed by atoms with Crippen molar-refractivity contribution < 1.29 is 13.6 Å². The number of hydrogen-bond acceptors (Lipinski definition) is 2. The highest BCUT2D eigenvalue weighted by molar-refractivity contribution is 5.79. The summed E-state index contributed by atoms with van der Waals surface area (Å²) >= 11 is 0. The molecule has 1 aromatic heterocycles. The lowest BCUT2D eigenvalue weighted by molar-refractivity contribution is -0.131. The highest BCUT2D eigenvalue weighted by Crippen LogP contribution is 2.27. The molecule has 0 fully saturated rings. The van der Waals surface area contributed by atoms with E-state index < -0.39 is 0 Å². The van der Waals surface area contributed by atoms with E-state index in [0.717, 1.165) is 22.4 Å². The molecular weight excluding hydrogens is 348 g/mol. The van der Waals surface area contributed by atoms with Gasteiger partial charge in [0.15, 0.2) is 0 Å². The van der Waals surface area contributed by atoms with Crippen molar-refractivity contribution in [1.82, 2.24) is 14.7 Å². The number of halogens is 2. The Morgan fingerprint density at radius 1 is 1.11 bits per heavy atom. The van der Waals surface area contributed by atoms with Crippen LogP contribution in [0.2, 0.25) is 0 Å². The Morgan fingerprint density at radius 3 is 2.63 bits per heavy atom. The van der Waals surface area contributed by atoms with Gasteiger partial charge in [-0.15, -0.1) is 0 Å². The van der Waals surface area contributed by atoms with Gasteiger partial charge in [0.1, 0.15) is 11.6 Å². The third kappa shape index (κ3) is 3.47. The molecule has 0 unspecified atom stereocenters. The van der Waals surface area contributed by atoms with E-state index in [4.69, 9.17) is 0 Å². The van der Waals surface area contributed by atoms with Gasteiger partial charge in [-0.2, -0.15) is 5.10 Å². The van der Waals surface area contributed by atoms with Crippen molar-refractivity contribution in [2.75, 3.05) is 6.54 Å². The fraction of sp³-hybridized carbons (Fsp3) is 0.238. The van der Waals surface area contributed by atoms with Gasteiger partial charge in [0, 0.05) is 12.1 Å². The molecule has 0 aliphatic carbocycles. The van der Waals surface area contributed by atoms with Crippen LogP contribution in [0, 0.1) is 18.6 Å². The van der Waals surface area contributed by atoms with Crippen molar-refractivity contribution in [3.05, 3.63) is 77.1 Å². The monoisotopic (exact) mass is 367 g/mol. The van der Waals surface area contributed by atoms with Crippen molar-refractivity contribution in [2.24, 2.45) is 0 Å². The molecule has 2 heterocycles. The van der Waals surface area contributed by atoms with Crippen LogP contribution in [0.25, 0.3) is 11.1 Å². The Bertz CT molecular complexity index is 995. The van der Waals surface area contributed by atoms with Gasteiger partial charge in [-0.25, -0.2) is 8.78 Å². The van der Waals surface area contributed by atoms with E-state index in [1.165, 1.54) is 18.2 Å². The lowest BCUT2D eigenvalue weighted by Gasteiger charge is -2.28. The second-order valence-corrected chi connectivity index (χ2v) is 6.81. The third-order valence-corrected chi connectivity index (χ3v) is 4.96. The van der Waals surface area contributed by atoms with Gasteiger partial charge in [-0.1, -0.05) is 24.3 Å². The standard InChI is InChI=1S/C21H19F2N3O/c1-14-10-15(2-7-19(14)23)11-21(27)25-8-9-26-20(13-25)18(12-24-26)16-3-5-17(22)6-4-16/h2-7,10,12H,8-9,11,13H2,1H3. The summed E-state index contributed by atoms with van der Waals surface area (Å²) in [5, 5.41) is 4.40. The molecule has 0 saturated carbocycles. The van der Waals surface area contributed by atoms with Crippen LogP contribution in [0.5, 0.6) is 0 Å². The summed E-state index contributed by atoms with van der Waals surface area (Å²) in [7, 11) is 0. The molecule has 0 bridgehead atoms. The molecule has 1 aliphatic rings. The van der Waals surface area contributed by atoms with Gasteiger partial charge in [0.2, 0.25) is 5.91 Å². The molecule has 3 aromatic rings. The number of hydrogen-bond donors (Lipinski definition) is 0. The normalized spacial score (nSPS) is 13.5.